The second-order valence-corrected chi connectivity index (χ2v) is 6.43. The Labute approximate surface area is 114 Å². The number of nitrogens with zero attached hydrogens (tertiary/aromatic N) is 2. The quantitative estimate of drug-likeness (QED) is 0.800. The van der Waals surface area contributed by atoms with Crippen molar-refractivity contribution in [3.05, 3.63) is 18.0 Å². The van der Waals surface area contributed by atoms with E-state index in [9.17, 15) is 13.5 Å². The molecule has 0 fully saturated rings. The predicted molar refractivity (Wildman–Crippen MR) is 72.3 cm³/mol. The van der Waals surface area contributed by atoms with Crippen LogP contribution in [-0.2, 0) is 27.9 Å². The van der Waals surface area contributed by atoms with Gasteiger partial charge in [0.15, 0.2) is 0 Å². The molecule has 0 aliphatic heterocycles. The number of ether oxygens (including phenoxy) is 1. The maximum Gasteiger partial charge on any atom is 0.244 e. The van der Waals surface area contributed by atoms with E-state index in [0.29, 0.717) is 18.8 Å². The summed E-state index contributed by atoms with van der Waals surface area (Å²) in [5.74, 6) is 0. The minimum Gasteiger partial charge on any atom is -0.390 e. The van der Waals surface area contributed by atoms with Gasteiger partial charge in [-0.05, 0) is 19.9 Å². The van der Waals surface area contributed by atoms with Gasteiger partial charge in [-0.15, -0.1) is 0 Å². The summed E-state index contributed by atoms with van der Waals surface area (Å²) in [6.07, 6.45) is 1.55. The third-order valence-electron chi connectivity index (χ3n) is 3.17. The molecule has 1 heterocycles. The van der Waals surface area contributed by atoms with Gasteiger partial charge in [0.25, 0.3) is 0 Å². The summed E-state index contributed by atoms with van der Waals surface area (Å²) in [5.41, 5.74) is 0.592. The minimum atomic E-state index is -3.56. The Bertz CT molecular complexity index is 488. The Kier molecular flexibility index (Phi) is 5.54. The van der Waals surface area contributed by atoms with Crippen LogP contribution in [0.5, 0.6) is 0 Å². The van der Waals surface area contributed by atoms with Crippen molar-refractivity contribution in [2.75, 3.05) is 20.8 Å². The van der Waals surface area contributed by atoms with Crippen LogP contribution in [0.3, 0.4) is 0 Å². The molecule has 19 heavy (non-hydrogen) atoms. The molecular formula is C12H22N2O4S. The summed E-state index contributed by atoms with van der Waals surface area (Å²) in [4.78, 5) is 0.198. The molecule has 1 unspecified atom stereocenters. The van der Waals surface area contributed by atoms with E-state index in [1.54, 1.807) is 17.7 Å². The fraction of sp³-hybridized carbons (Fsp3) is 0.667. The van der Waals surface area contributed by atoms with Crippen molar-refractivity contribution in [3.63, 3.8) is 0 Å². The van der Waals surface area contributed by atoms with E-state index in [1.165, 1.54) is 24.5 Å². The van der Waals surface area contributed by atoms with Gasteiger partial charge in [0, 0.05) is 38.6 Å². The number of aliphatic hydroxyl groups is 1. The minimum absolute atomic E-state index is 0.180. The Morgan fingerprint density at radius 2 is 2.16 bits per heavy atom. The van der Waals surface area contributed by atoms with Crippen molar-refractivity contribution in [2.24, 2.45) is 0 Å². The zero-order valence-electron chi connectivity index (χ0n) is 11.8. The molecule has 0 saturated heterocycles. The van der Waals surface area contributed by atoms with Crippen LogP contribution in [0.15, 0.2) is 17.2 Å². The molecule has 0 radical (unpaired) electrons. The maximum atomic E-state index is 12.4. The zero-order valence-corrected chi connectivity index (χ0v) is 12.6. The highest BCUT2D eigenvalue weighted by Crippen LogP contribution is 2.20. The zero-order chi connectivity index (χ0) is 14.6. The van der Waals surface area contributed by atoms with Gasteiger partial charge in [-0.2, -0.15) is 4.31 Å². The van der Waals surface area contributed by atoms with Crippen LogP contribution >= 0.6 is 0 Å². The lowest BCUT2D eigenvalue weighted by atomic mass is 10.4. The first-order chi connectivity index (χ1) is 8.88. The van der Waals surface area contributed by atoms with Crippen molar-refractivity contribution in [1.29, 1.82) is 0 Å². The van der Waals surface area contributed by atoms with E-state index in [-0.39, 0.29) is 17.5 Å². The highest BCUT2D eigenvalue weighted by molar-refractivity contribution is 7.89. The Morgan fingerprint density at radius 1 is 1.53 bits per heavy atom. The summed E-state index contributed by atoms with van der Waals surface area (Å²) in [5, 5.41) is 9.21. The lowest BCUT2D eigenvalue weighted by Gasteiger charge is -2.22. The van der Waals surface area contributed by atoms with Gasteiger partial charge >= 0.3 is 0 Å². The van der Waals surface area contributed by atoms with E-state index < -0.39 is 10.0 Å². The number of sulfonamides is 1. The number of hydrogen-bond donors (Lipinski definition) is 1. The van der Waals surface area contributed by atoms with Gasteiger partial charge in [0.05, 0.1) is 13.2 Å². The van der Waals surface area contributed by atoms with Crippen molar-refractivity contribution >= 4 is 10.0 Å². The van der Waals surface area contributed by atoms with Gasteiger partial charge in [0.1, 0.15) is 4.90 Å². The highest BCUT2D eigenvalue weighted by atomic mass is 32.2. The standard InChI is InChI=1S/C12H22N2O4S/c1-5-14-7-12(6-11(14)8-15)19(16,17)13(3)10(2)9-18-4/h6-7,10,15H,5,8-9H2,1-4H3. The molecule has 110 valence electrons. The molecule has 1 atom stereocenters. The summed E-state index contributed by atoms with van der Waals surface area (Å²) in [6, 6.07) is 1.26. The molecular weight excluding hydrogens is 268 g/mol. The number of aromatic nitrogens is 1. The van der Waals surface area contributed by atoms with Crippen molar-refractivity contribution < 1.29 is 18.3 Å². The molecule has 6 nitrogen and oxygen atoms in total. The van der Waals surface area contributed by atoms with Gasteiger partial charge in [0.2, 0.25) is 10.0 Å². The highest BCUT2D eigenvalue weighted by Gasteiger charge is 2.27. The SMILES string of the molecule is CCn1cc(S(=O)(=O)N(C)C(C)COC)cc1CO. The summed E-state index contributed by atoms with van der Waals surface area (Å²) >= 11 is 0. The Balaban J connectivity index is 3.09. The average molecular weight is 290 g/mol. The molecule has 1 aromatic heterocycles. The maximum absolute atomic E-state index is 12.4. The van der Waals surface area contributed by atoms with Crippen LogP contribution in [0.1, 0.15) is 19.5 Å². The number of rotatable bonds is 7. The van der Waals surface area contributed by atoms with Crippen molar-refractivity contribution in [1.82, 2.24) is 8.87 Å². The molecule has 1 rings (SSSR count). The molecule has 7 heteroatoms. The number of methoxy groups -OCH3 is 1. The van der Waals surface area contributed by atoms with Gasteiger partial charge in [-0.1, -0.05) is 0 Å². The number of aliphatic hydroxyl groups excluding tert-OH is 1. The number of hydrogen-bond acceptors (Lipinski definition) is 4. The predicted octanol–water partition coefficient (Wildman–Crippen LogP) is 0.656. The van der Waals surface area contributed by atoms with E-state index in [4.69, 9.17) is 4.74 Å². The molecule has 1 N–H and O–H groups in total. The second-order valence-electron chi connectivity index (χ2n) is 4.44. The van der Waals surface area contributed by atoms with Crippen LogP contribution in [0.4, 0.5) is 0 Å². The molecule has 0 bridgehead atoms. The normalized spacial score (nSPS) is 14.0. The number of aryl methyl sites for hydroxylation is 1. The smallest absolute Gasteiger partial charge is 0.244 e. The van der Waals surface area contributed by atoms with Crippen LogP contribution < -0.4 is 0 Å². The first-order valence-corrected chi connectivity index (χ1v) is 7.59. The van der Waals surface area contributed by atoms with Crippen LogP contribution in [0, 0.1) is 0 Å². The largest absolute Gasteiger partial charge is 0.390 e. The van der Waals surface area contributed by atoms with E-state index in [2.05, 4.69) is 0 Å². The monoisotopic (exact) mass is 290 g/mol. The molecule has 0 saturated carbocycles. The third kappa shape index (κ3) is 3.36. The second kappa shape index (κ2) is 6.51. The summed E-state index contributed by atoms with van der Waals surface area (Å²) in [7, 11) is -0.496. The van der Waals surface area contributed by atoms with Crippen molar-refractivity contribution in [3.8, 4) is 0 Å². The molecule has 1 aromatic rings. The topological polar surface area (TPSA) is 71.8 Å². The van der Waals surface area contributed by atoms with Crippen LogP contribution in [0.2, 0.25) is 0 Å². The number of likely N-dealkylation sites (N-methyl/N-ethyl adjacent to an activating group) is 1. The molecule has 0 aliphatic carbocycles. The first-order valence-electron chi connectivity index (χ1n) is 6.15. The van der Waals surface area contributed by atoms with E-state index in [1.807, 2.05) is 6.92 Å². The Morgan fingerprint density at radius 3 is 2.58 bits per heavy atom. The molecule has 0 aliphatic rings. The van der Waals surface area contributed by atoms with Gasteiger partial charge in [-0.25, -0.2) is 8.42 Å². The lowest BCUT2D eigenvalue weighted by Crippen LogP contribution is -2.37. The summed E-state index contributed by atoms with van der Waals surface area (Å²) in [6.45, 7) is 4.44. The third-order valence-corrected chi connectivity index (χ3v) is 5.11. The molecule has 0 aromatic carbocycles. The fourth-order valence-corrected chi connectivity index (χ4v) is 3.25. The molecule has 0 amide bonds. The van der Waals surface area contributed by atoms with Crippen molar-refractivity contribution in [2.45, 2.75) is 37.9 Å². The molecule has 0 spiro atoms. The fourth-order valence-electron chi connectivity index (χ4n) is 1.84. The van der Waals surface area contributed by atoms with Gasteiger partial charge in [-0.3, -0.25) is 0 Å². The van der Waals surface area contributed by atoms with Gasteiger partial charge < -0.3 is 14.4 Å². The average Bonchev–Trinajstić information content (AvgIpc) is 2.81. The first kappa shape index (κ1) is 16.2. The summed E-state index contributed by atoms with van der Waals surface area (Å²) < 4.78 is 32.8. The van der Waals surface area contributed by atoms with E-state index in [0.717, 1.165) is 0 Å². The van der Waals surface area contributed by atoms with Crippen LogP contribution in [0.25, 0.3) is 0 Å². The van der Waals surface area contributed by atoms with Crippen LogP contribution in [-0.4, -0.2) is 49.2 Å². The Hall–Kier alpha value is -0.890. The lowest BCUT2D eigenvalue weighted by molar-refractivity contribution is 0.149. The van der Waals surface area contributed by atoms with E-state index >= 15 is 0 Å².